The number of amides is 1. The summed E-state index contributed by atoms with van der Waals surface area (Å²) in [6, 6.07) is 6.31. The maximum Gasteiger partial charge on any atom is 0.408 e. The zero-order valence-corrected chi connectivity index (χ0v) is 25.5. The minimum atomic E-state index is -0.968. The lowest BCUT2D eigenvalue weighted by molar-refractivity contribution is -0.148. The van der Waals surface area contributed by atoms with Crippen molar-refractivity contribution in [1.29, 1.82) is 0 Å². The van der Waals surface area contributed by atoms with Gasteiger partial charge in [0.2, 0.25) is 0 Å². The van der Waals surface area contributed by atoms with Crippen molar-refractivity contribution in [1.82, 2.24) is 9.47 Å². The van der Waals surface area contributed by atoms with Crippen LogP contribution in [0.15, 0.2) is 24.4 Å². The molecule has 1 amide bonds. The van der Waals surface area contributed by atoms with Gasteiger partial charge >= 0.3 is 12.1 Å². The molecule has 218 valence electrons. The number of cyclic esters (lactones) is 1. The van der Waals surface area contributed by atoms with Gasteiger partial charge in [-0.15, -0.1) is 0 Å². The molecular weight excluding hydrogens is 492 g/mol. The van der Waals surface area contributed by atoms with E-state index in [0.29, 0.717) is 18.8 Å². The first-order chi connectivity index (χ1) is 18.2. The number of rotatable bonds is 12. The second-order valence-electron chi connectivity index (χ2n) is 13.1. The number of aryl methyl sites for hydroxylation is 2. The lowest BCUT2D eigenvalue weighted by Crippen LogP contribution is -2.56. The van der Waals surface area contributed by atoms with Crippen LogP contribution >= 0.6 is 0 Å². The molecule has 1 fully saturated rings. The van der Waals surface area contributed by atoms with Gasteiger partial charge in [-0.1, -0.05) is 39.8 Å². The predicted molar refractivity (Wildman–Crippen MR) is 156 cm³/mol. The highest BCUT2D eigenvalue weighted by molar-refractivity contribution is 5.84. The Hall–Kier alpha value is -2.54. The summed E-state index contributed by atoms with van der Waals surface area (Å²) in [5.41, 5.74) is 3.11. The van der Waals surface area contributed by atoms with Crippen molar-refractivity contribution >= 4 is 23.0 Å². The van der Waals surface area contributed by atoms with Crippen LogP contribution in [-0.4, -0.2) is 58.0 Å². The molecule has 1 aromatic heterocycles. The van der Waals surface area contributed by atoms with Gasteiger partial charge in [-0.2, -0.15) is 0 Å². The number of methoxy groups -OCH3 is 1. The number of ether oxygens (including phenoxy) is 2. The highest BCUT2D eigenvalue weighted by Crippen LogP contribution is 2.37. The van der Waals surface area contributed by atoms with Crippen LogP contribution in [0.5, 0.6) is 0 Å². The molecule has 7 heteroatoms. The van der Waals surface area contributed by atoms with Gasteiger partial charge in [0.25, 0.3) is 0 Å². The molecule has 1 N–H and O–H groups in total. The topological polar surface area (TPSA) is 81.0 Å². The summed E-state index contributed by atoms with van der Waals surface area (Å²) in [5, 5.41) is 11.6. The first-order valence-corrected chi connectivity index (χ1v) is 14.5. The SMILES string of the molecule is COCCCn1cc(C)c2ccc(C[C@H](C[C@@H]([C@@H]3C[C@@H](C(C)C)C(=O)O3)N(C(=O)O)C(C)(C)C)C(C)C)cc21. The van der Waals surface area contributed by atoms with E-state index in [1.165, 1.54) is 26.9 Å². The van der Waals surface area contributed by atoms with Gasteiger partial charge in [-0.05, 0) is 88.3 Å². The molecule has 1 saturated heterocycles. The molecular formula is C32H50N2O5. The Kier molecular flexibility index (Phi) is 10.1. The average molecular weight is 543 g/mol. The maximum atomic E-state index is 12.7. The van der Waals surface area contributed by atoms with Crippen molar-refractivity contribution in [2.24, 2.45) is 23.7 Å². The molecule has 7 nitrogen and oxygen atoms in total. The molecule has 2 aromatic rings. The van der Waals surface area contributed by atoms with Crippen molar-refractivity contribution < 1.29 is 24.2 Å². The smallest absolute Gasteiger partial charge is 0.408 e. The van der Waals surface area contributed by atoms with Gasteiger partial charge in [0.1, 0.15) is 6.10 Å². The number of carboxylic acid groups (broad SMARTS) is 1. The Balaban J connectivity index is 1.93. The standard InChI is InChI=1S/C32H50N2O5/c1-20(2)24(15-23-11-12-25-22(5)19-33(27(25)16-23)13-10-14-38-9)17-28(34(31(36)37)32(6,7)8)29-18-26(21(3)4)30(35)39-29/h11-12,16,19-21,24,26,28-29H,10,13-15,17-18H2,1-9H3,(H,36,37)/t24-,26+,28+,29+/m1/s1. The van der Waals surface area contributed by atoms with E-state index >= 15 is 0 Å². The highest BCUT2D eigenvalue weighted by Gasteiger charge is 2.46. The first-order valence-electron chi connectivity index (χ1n) is 14.5. The van der Waals surface area contributed by atoms with Gasteiger partial charge in [0, 0.05) is 42.9 Å². The van der Waals surface area contributed by atoms with E-state index in [1.807, 2.05) is 34.6 Å². The van der Waals surface area contributed by atoms with E-state index in [2.05, 4.69) is 49.7 Å². The lowest BCUT2D eigenvalue weighted by atomic mass is 9.80. The molecule has 39 heavy (non-hydrogen) atoms. The summed E-state index contributed by atoms with van der Waals surface area (Å²) < 4.78 is 13.5. The van der Waals surface area contributed by atoms with Gasteiger partial charge in [0.05, 0.1) is 12.0 Å². The molecule has 0 saturated carbocycles. The second kappa shape index (κ2) is 12.8. The van der Waals surface area contributed by atoms with Crippen molar-refractivity contribution in [3.05, 3.63) is 35.5 Å². The number of hydrogen-bond acceptors (Lipinski definition) is 4. The number of nitrogens with zero attached hydrogens (tertiary/aromatic N) is 2. The third-order valence-corrected chi connectivity index (χ3v) is 8.43. The first kappa shape index (κ1) is 31.0. The van der Waals surface area contributed by atoms with Crippen molar-refractivity contribution in [3.63, 3.8) is 0 Å². The molecule has 0 unspecified atom stereocenters. The van der Waals surface area contributed by atoms with Crippen LogP contribution in [-0.2, 0) is 27.2 Å². The molecule has 1 aliphatic heterocycles. The number of carbonyl (C=O) groups is 2. The van der Waals surface area contributed by atoms with Crippen LogP contribution in [0.1, 0.15) is 78.9 Å². The second-order valence-corrected chi connectivity index (χ2v) is 13.1. The maximum absolute atomic E-state index is 12.7. The van der Waals surface area contributed by atoms with Gasteiger partial charge in [0.15, 0.2) is 0 Å². The quantitative estimate of drug-likeness (QED) is 0.232. The van der Waals surface area contributed by atoms with Crippen LogP contribution in [0.4, 0.5) is 4.79 Å². The van der Waals surface area contributed by atoms with E-state index < -0.39 is 23.8 Å². The summed E-state index contributed by atoms with van der Waals surface area (Å²) in [7, 11) is 1.73. The molecule has 1 aliphatic rings. The average Bonchev–Trinajstić information content (AvgIpc) is 3.36. The van der Waals surface area contributed by atoms with Gasteiger partial charge in [-0.25, -0.2) is 4.79 Å². The summed E-state index contributed by atoms with van der Waals surface area (Å²) in [4.78, 5) is 26.9. The van der Waals surface area contributed by atoms with Gasteiger partial charge < -0.3 is 19.1 Å². The van der Waals surface area contributed by atoms with Crippen LogP contribution in [0.3, 0.4) is 0 Å². The number of esters is 1. The third-order valence-electron chi connectivity index (χ3n) is 8.43. The zero-order chi connectivity index (χ0) is 29.1. The number of carbonyl (C=O) groups excluding carboxylic acids is 1. The summed E-state index contributed by atoms with van der Waals surface area (Å²) in [6.07, 6.45) is 3.79. The lowest BCUT2D eigenvalue weighted by Gasteiger charge is -2.43. The van der Waals surface area contributed by atoms with Crippen molar-refractivity contribution in [2.75, 3.05) is 13.7 Å². The van der Waals surface area contributed by atoms with E-state index in [1.54, 1.807) is 7.11 Å². The third kappa shape index (κ3) is 7.36. The molecule has 0 radical (unpaired) electrons. The minimum Gasteiger partial charge on any atom is -0.465 e. The van der Waals surface area contributed by atoms with Crippen molar-refractivity contribution in [2.45, 2.75) is 105 Å². The normalized spacial score (nSPS) is 19.6. The monoisotopic (exact) mass is 542 g/mol. The number of hydrogen-bond donors (Lipinski definition) is 1. The van der Waals surface area contributed by atoms with E-state index in [9.17, 15) is 14.7 Å². The molecule has 0 spiro atoms. The molecule has 0 bridgehead atoms. The number of aromatic nitrogens is 1. The fraction of sp³-hybridized carbons (Fsp3) is 0.688. The Morgan fingerprint density at radius 2 is 1.92 bits per heavy atom. The van der Waals surface area contributed by atoms with E-state index in [4.69, 9.17) is 9.47 Å². The fourth-order valence-corrected chi connectivity index (χ4v) is 6.18. The Morgan fingerprint density at radius 3 is 2.46 bits per heavy atom. The molecule has 4 atom stereocenters. The van der Waals surface area contributed by atoms with Crippen LogP contribution < -0.4 is 0 Å². The molecule has 3 rings (SSSR count). The summed E-state index contributed by atoms with van der Waals surface area (Å²) in [5.74, 6) is 0.309. The van der Waals surface area contributed by atoms with Crippen molar-refractivity contribution in [3.8, 4) is 0 Å². The minimum absolute atomic E-state index is 0.160. The van der Waals surface area contributed by atoms with Crippen LogP contribution in [0.25, 0.3) is 10.9 Å². The highest BCUT2D eigenvalue weighted by atomic mass is 16.6. The summed E-state index contributed by atoms with van der Waals surface area (Å²) in [6.45, 7) is 18.0. The zero-order valence-electron chi connectivity index (χ0n) is 25.5. The molecule has 0 aliphatic carbocycles. The fourth-order valence-electron chi connectivity index (χ4n) is 6.18. The number of fused-ring (bicyclic) bond motifs is 1. The Bertz CT molecular complexity index is 1130. The van der Waals surface area contributed by atoms with Gasteiger partial charge in [-0.3, -0.25) is 9.69 Å². The largest absolute Gasteiger partial charge is 0.465 e. The van der Waals surface area contributed by atoms with E-state index in [0.717, 1.165) is 26.0 Å². The van der Waals surface area contributed by atoms with E-state index in [-0.39, 0.29) is 23.7 Å². The van der Waals surface area contributed by atoms with Crippen LogP contribution in [0, 0.1) is 30.6 Å². The predicted octanol–water partition coefficient (Wildman–Crippen LogP) is 6.93. The molecule has 1 aromatic carbocycles. The summed E-state index contributed by atoms with van der Waals surface area (Å²) >= 11 is 0. The Morgan fingerprint density at radius 1 is 1.23 bits per heavy atom. The molecule has 2 heterocycles. The van der Waals surface area contributed by atoms with Crippen LogP contribution in [0.2, 0.25) is 0 Å². The number of benzene rings is 1. The Labute approximate surface area is 234 Å².